The Balaban J connectivity index is 2.07. The van der Waals surface area contributed by atoms with Crippen LogP contribution in [0.2, 0.25) is 0 Å². The number of hydrazine groups is 1. The first kappa shape index (κ1) is 24.6. The first-order valence-corrected chi connectivity index (χ1v) is 12.6. The van der Waals surface area contributed by atoms with Gasteiger partial charge >= 0.3 is 0 Å². The summed E-state index contributed by atoms with van der Waals surface area (Å²) < 4.78 is 45.5. The van der Waals surface area contributed by atoms with E-state index < -0.39 is 33.0 Å². The first-order valence-electron chi connectivity index (χ1n) is 10.3. The fourth-order valence-corrected chi connectivity index (χ4v) is 4.49. The van der Waals surface area contributed by atoms with Crippen molar-refractivity contribution in [3.8, 4) is 11.3 Å². The largest absolute Gasteiger partial charge is 0.455 e. The molecule has 35 heavy (non-hydrogen) atoms. The van der Waals surface area contributed by atoms with Crippen LogP contribution in [0.4, 0.5) is 10.1 Å². The van der Waals surface area contributed by atoms with Crippen LogP contribution in [0.15, 0.2) is 46.9 Å². The Bertz CT molecular complexity index is 1480. The number of rotatable bonds is 5. The number of alkyl halides is 1. The lowest BCUT2D eigenvalue weighted by atomic mass is 10.00. The number of hydrogen-bond acceptors (Lipinski definition) is 6. The fraction of sp³-hybridized carbons (Fsp3) is 0.217. The molecule has 0 aliphatic carbocycles. The molecule has 2 heterocycles. The Labute approximate surface area is 206 Å². The third kappa shape index (κ3) is 4.44. The van der Waals surface area contributed by atoms with Crippen LogP contribution in [0.3, 0.4) is 0 Å². The summed E-state index contributed by atoms with van der Waals surface area (Å²) in [5.74, 6) is -1.15. The van der Waals surface area contributed by atoms with Gasteiger partial charge in [-0.2, -0.15) is 0 Å². The summed E-state index contributed by atoms with van der Waals surface area (Å²) in [7, 11) is 0.723. The molecule has 9 nitrogen and oxygen atoms in total. The van der Waals surface area contributed by atoms with Crippen molar-refractivity contribution in [3.05, 3.63) is 59.4 Å². The van der Waals surface area contributed by atoms with Crippen LogP contribution in [-0.4, -0.2) is 58.0 Å². The molecular weight excluding hydrogens is 499 g/mol. The van der Waals surface area contributed by atoms with Gasteiger partial charge in [-0.05, 0) is 36.4 Å². The average molecular weight is 521 g/mol. The van der Waals surface area contributed by atoms with E-state index in [1.165, 1.54) is 55.5 Å². The molecule has 184 valence electrons. The Hall–Kier alpha value is -3.57. The standard InChI is InChI=1S/C23H22ClFN4O5S/c1-26-23(31)20-15-9-14(17-10-16(24)22(30)27-28(17)2)18(29(3)35(4,32)33)11-19(15)34-21(20)12-5-7-13(25)8-6-12/h5-11,16H,1-4H3,(H,26,31)(H,27,30). The molecule has 2 amide bonds. The van der Waals surface area contributed by atoms with Crippen LogP contribution in [-0.2, 0) is 14.8 Å². The van der Waals surface area contributed by atoms with E-state index in [1.54, 1.807) is 13.1 Å². The normalized spacial score (nSPS) is 16.2. The van der Waals surface area contributed by atoms with Crippen molar-refractivity contribution in [2.45, 2.75) is 5.38 Å². The number of benzene rings is 2. The smallest absolute Gasteiger partial charge is 0.260 e. The molecule has 1 aliphatic heterocycles. The Morgan fingerprint density at radius 3 is 2.51 bits per heavy atom. The molecule has 0 bridgehead atoms. The van der Waals surface area contributed by atoms with Crippen LogP contribution in [0.1, 0.15) is 15.9 Å². The van der Waals surface area contributed by atoms with Crippen molar-refractivity contribution in [1.29, 1.82) is 0 Å². The maximum absolute atomic E-state index is 13.5. The molecule has 4 rings (SSSR count). The zero-order valence-electron chi connectivity index (χ0n) is 19.2. The van der Waals surface area contributed by atoms with Gasteiger partial charge in [0.2, 0.25) is 10.0 Å². The minimum Gasteiger partial charge on any atom is -0.455 e. The predicted molar refractivity (Wildman–Crippen MR) is 132 cm³/mol. The molecule has 0 radical (unpaired) electrons. The van der Waals surface area contributed by atoms with Gasteiger partial charge in [0.1, 0.15) is 22.5 Å². The third-order valence-corrected chi connectivity index (χ3v) is 7.19. The van der Waals surface area contributed by atoms with Gasteiger partial charge in [-0.25, -0.2) is 12.8 Å². The summed E-state index contributed by atoms with van der Waals surface area (Å²) in [4.78, 5) is 24.9. The van der Waals surface area contributed by atoms with Crippen LogP contribution in [0.5, 0.6) is 0 Å². The number of carbonyl (C=O) groups excluding carboxylic acids is 2. The zero-order chi connectivity index (χ0) is 25.7. The second-order valence-corrected chi connectivity index (χ2v) is 10.5. The van der Waals surface area contributed by atoms with Gasteiger partial charge < -0.3 is 9.73 Å². The minimum atomic E-state index is -3.70. The lowest BCUT2D eigenvalue weighted by molar-refractivity contribution is -0.123. The molecule has 2 N–H and O–H groups in total. The average Bonchev–Trinajstić information content (AvgIpc) is 3.18. The van der Waals surface area contributed by atoms with E-state index in [9.17, 15) is 22.4 Å². The summed E-state index contributed by atoms with van der Waals surface area (Å²) in [5.41, 5.74) is 4.53. The summed E-state index contributed by atoms with van der Waals surface area (Å²) in [5, 5.41) is 3.40. The van der Waals surface area contributed by atoms with Gasteiger partial charge in [0.15, 0.2) is 0 Å². The highest BCUT2D eigenvalue weighted by Gasteiger charge is 2.30. The van der Waals surface area contributed by atoms with Gasteiger partial charge in [-0.1, -0.05) is 0 Å². The topological polar surface area (TPSA) is 112 Å². The molecule has 1 unspecified atom stereocenters. The number of amides is 2. The van der Waals surface area contributed by atoms with Crippen LogP contribution in [0.25, 0.3) is 28.0 Å². The van der Waals surface area contributed by atoms with E-state index in [0.29, 0.717) is 22.2 Å². The van der Waals surface area contributed by atoms with Crippen molar-refractivity contribution in [2.24, 2.45) is 0 Å². The second kappa shape index (κ2) is 8.90. The van der Waals surface area contributed by atoms with Crippen molar-refractivity contribution in [3.63, 3.8) is 0 Å². The minimum absolute atomic E-state index is 0.189. The highest BCUT2D eigenvalue weighted by molar-refractivity contribution is 7.92. The zero-order valence-corrected chi connectivity index (χ0v) is 20.8. The number of nitrogens with zero attached hydrogens (tertiary/aromatic N) is 2. The summed E-state index contributed by atoms with van der Waals surface area (Å²) in [6.45, 7) is 0. The molecular formula is C23H22ClFN4O5S. The van der Waals surface area contributed by atoms with Crippen molar-refractivity contribution >= 4 is 55.8 Å². The van der Waals surface area contributed by atoms with Crippen molar-refractivity contribution in [2.75, 3.05) is 31.7 Å². The van der Waals surface area contributed by atoms with E-state index >= 15 is 0 Å². The van der Waals surface area contributed by atoms with E-state index in [-0.39, 0.29) is 22.6 Å². The Morgan fingerprint density at radius 2 is 1.91 bits per heavy atom. The van der Waals surface area contributed by atoms with E-state index in [4.69, 9.17) is 16.0 Å². The summed E-state index contributed by atoms with van der Waals surface area (Å²) in [6.07, 6.45) is 2.54. The molecule has 0 saturated heterocycles. The molecule has 2 aromatic carbocycles. The number of hydrogen-bond donors (Lipinski definition) is 2. The number of halogens is 2. The van der Waals surface area contributed by atoms with E-state index in [2.05, 4.69) is 10.7 Å². The van der Waals surface area contributed by atoms with Crippen LogP contribution >= 0.6 is 11.6 Å². The highest BCUT2D eigenvalue weighted by Crippen LogP contribution is 2.40. The quantitative estimate of drug-likeness (QED) is 0.500. The van der Waals surface area contributed by atoms with Gasteiger partial charge in [-0.3, -0.25) is 24.3 Å². The fourth-order valence-electron chi connectivity index (χ4n) is 3.82. The summed E-state index contributed by atoms with van der Waals surface area (Å²) in [6, 6.07) is 8.56. The first-order chi connectivity index (χ1) is 16.4. The SMILES string of the molecule is CNC(=O)c1c(-c2ccc(F)cc2)oc2cc(N(C)S(C)(=O)=O)c(C3=CC(Cl)C(=O)NN3C)cc12. The maximum Gasteiger partial charge on any atom is 0.260 e. The molecule has 3 aromatic rings. The number of sulfonamides is 1. The molecule has 0 spiro atoms. The van der Waals surface area contributed by atoms with Crippen molar-refractivity contribution in [1.82, 2.24) is 15.8 Å². The number of anilines is 1. The van der Waals surface area contributed by atoms with Gasteiger partial charge in [0.25, 0.3) is 11.8 Å². The van der Waals surface area contributed by atoms with Crippen LogP contribution in [0, 0.1) is 5.82 Å². The lowest BCUT2D eigenvalue weighted by Gasteiger charge is -2.31. The van der Waals surface area contributed by atoms with E-state index in [0.717, 1.165) is 10.6 Å². The number of nitrogens with one attached hydrogen (secondary N) is 2. The number of furan rings is 1. The predicted octanol–water partition coefficient (Wildman–Crippen LogP) is 2.92. The number of carbonyl (C=O) groups is 2. The number of fused-ring (bicyclic) bond motifs is 1. The van der Waals surface area contributed by atoms with Gasteiger partial charge in [0, 0.05) is 43.7 Å². The maximum atomic E-state index is 13.5. The Morgan fingerprint density at radius 1 is 1.26 bits per heavy atom. The third-order valence-electron chi connectivity index (χ3n) is 5.67. The molecule has 1 aromatic heterocycles. The molecule has 1 atom stereocenters. The molecule has 0 fully saturated rings. The second-order valence-electron chi connectivity index (χ2n) is 7.98. The van der Waals surface area contributed by atoms with Crippen LogP contribution < -0.4 is 15.0 Å². The van der Waals surface area contributed by atoms with Crippen molar-refractivity contribution < 1.29 is 26.8 Å². The van der Waals surface area contributed by atoms with Gasteiger partial charge in [-0.15, -0.1) is 11.6 Å². The Kier molecular flexibility index (Phi) is 6.24. The van der Waals surface area contributed by atoms with E-state index in [1.807, 2.05) is 0 Å². The molecule has 12 heteroatoms. The lowest BCUT2D eigenvalue weighted by Crippen LogP contribution is -2.45. The summed E-state index contributed by atoms with van der Waals surface area (Å²) >= 11 is 6.16. The highest BCUT2D eigenvalue weighted by atomic mass is 35.5. The molecule has 1 aliphatic rings. The molecule has 0 saturated carbocycles. The monoisotopic (exact) mass is 520 g/mol. The van der Waals surface area contributed by atoms with Gasteiger partial charge in [0.05, 0.1) is 23.2 Å².